The fraction of sp³-hybridized carbons (Fsp3) is 0.650. The quantitative estimate of drug-likeness (QED) is 0.716. The van der Waals surface area contributed by atoms with Crippen LogP contribution in [0.15, 0.2) is 24.3 Å². The lowest BCUT2D eigenvalue weighted by Crippen LogP contribution is -2.54. The maximum atomic E-state index is 12.8. The second-order valence-electron chi connectivity index (χ2n) is 7.77. The second kappa shape index (κ2) is 11.6. The van der Waals surface area contributed by atoms with Gasteiger partial charge in [-0.1, -0.05) is 36.6 Å². The van der Waals surface area contributed by atoms with Gasteiger partial charge in [0.05, 0.1) is 25.2 Å². The van der Waals surface area contributed by atoms with Gasteiger partial charge >= 0.3 is 0 Å². The lowest BCUT2D eigenvalue weighted by atomic mass is 9.74. The molecule has 3 N–H and O–H groups in total. The fourth-order valence-electron chi connectivity index (χ4n) is 4.17. The van der Waals surface area contributed by atoms with Gasteiger partial charge in [0.1, 0.15) is 0 Å². The van der Waals surface area contributed by atoms with E-state index in [9.17, 15) is 4.79 Å². The molecule has 1 aromatic carbocycles. The van der Waals surface area contributed by atoms with E-state index in [1.807, 2.05) is 25.1 Å². The minimum absolute atomic E-state index is 0. The number of halogens is 3. The molecule has 1 aromatic rings. The number of benzene rings is 1. The number of nitrogens with two attached hydrogens (primary N) is 1. The van der Waals surface area contributed by atoms with Crippen LogP contribution in [-0.2, 0) is 9.53 Å². The molecule has 5 nitrogen and oxygen atoms in total. The number of ether oxygens (including phenoxy) is 1. The molecule has 0 spiro atoms. The molecule has 1 saturated carbocycles. The van der Waals surface area contributed by atoms with Crippen LogP contribution in [0.25, 0.3) is 0 Å². The Labute approximate surface area is 185 Å². The van der Waals surface area contributed by atoms with Crippen LogP contribution in [-0.4, -0.2) is 49.2 Å². The van der Waals surface area contributed by atoms with E-state index in [1.54, 1.807) is 0 Å². The van der Waals surface area contributed by atoms with Gasteiger partial charge in [-0.15, -0.1) is 24.8 Å². The molecule has 0 bridgehead atoms. The van der Waals surface area contributed by atoms with Crippen molar-refractivity contribution < 1.29 is 9.53 Å². The van der Waals surface area contributed by atoms with Crippen molar-refractivity contribution in [2.75, 3.05) is 32.8 Å². The minimum atomic E-state index is -0.410. The Balaban J connectivity index is 0.00000196. The summed E-state index contributed by atoms with van der Waals surface area (Å²) < 4.78 is 5.49. The lowest BCUT2D eigenvalue weighted by molar-refractivity contribution is -0.128. The van der Waals surface area contributed by atoms with Gasteiger partial charge in [0, 0.05) is 30.2 Å². The van der Waals surface area contributed by atoms with Crippen molar-refractivity contribution >= 4 is 42.3 Å². The van der Waals surface area contributed by atoms with Gasteiger partial charge < -0.3 is 15.8 Å². The summed E-state index contributed by atoms with van der Waals surface area (Å²) in [6, 6.07) is 7.99. The molecule has 0 radical (unpaired) electrons. The monoisotopic (exact) mass is 451 g/mol. The SMILES string of the molecule is CC1(N)CCCCC1C(=O)NCC(c1cccc(Cl)c1)N1CCOCC1.Cl.Cl. The third kappa shape index (κ3) is 6.48. The van der Waals surface area contributed by atoms with Crippen LogP contribution in [0.5, 0.6) is 0 Å². The van der Waals surface area contributed by atoms with Crippen molar-refractivity contribution in [3.05, 3.63) is 34.9 Å². The predicted octanol–water partition coefficient (Wildman–Crippen LogP) is 3.58. The van der Waals surface area contributed by atoms with Gasteiger partial charge in [0.25, 0.3) is 0 Å². The highest BCUT2D eigenvalue weighted by atomic mass is 35.5. The Morgan fingerprint density at radius 1 is 1.36 bits per heavy atom. The van der Waals surface area contributed by atoms with Crippen LogP contribution < -0.4 is 11.1 Å². The number of hydrogen-bond acceptors (Lipinski definition) is 4. The van der Waals surface area contributed by atoms with E-state index in [0.29, 0.717) is 24.8 Å². The fourth-order valence-corrected chi connectivity index (χ4v) is 4.37. The van der Waals surface area contributed by atoms with Crippen LogP contribution in [0.4, 0.5) is 0 Å². The molecular weight excluding hydrogens is 421 g/mol. The molecule has 1 aliphatic carbocycles. The molecule has 3 rings (SSSR count). The third-order valence-corrected chi connectivity index (χ3v) is 6.00. The normalized spacial score (nSPS) is 26.5. The number of nitrogens with zero attached hydrogens (tertiary/aromatic N) is 1. The number of nitrogens with one attached hydrogen (secondary N) is 1. The molecular formula is C20H32Cl3N3O2. The van der Waals surface area contributed by atoms with Crippen molar-refractivity contribution in [2.24, 2.45) is 11.7 Å². The molecule has 1 aliphatic heterocycles. The molecule has 3 unspecified atom stereocenters. The Morgan fingerprint density at radius 3 is 2.71 bits per heavy atom. The molecule has 1 saturated heterocycles. The summed E-state index contributed by atoms with van der Waals surface area (Å²) in [5.74, 6) is -0.0315. The molecule has 160 valence electrons. The van der Waals surface area contributed by atoms with Crippen LogP contribution in [0.2, 0.25) is 5.02 Å². The lowest BCUT2D eigenvalue weighted by Gasteiger charge is -2.38. The van der Waals surface area contributed by atoms with Crippen LogP contribution >= 0.6 is 36.4 Å². The highest BCUT2D eigenvalue weighted by Crippen LogP contribution is 2.32. The number of rotatable bonds is 5. The zero-order valence-electron chi connectivity index (χ0n) is 16.4. The number of carbonyl (C=O) groups excluding carboxylic acids is 1. The highest BCUT2D eigenvalue weighted by molar-refractivity contribution is 6.30. The first-order valence-corrected chi connectivity index (χ1v) is 9.99. The molecule has 28 heavy (non-hydrogen) atoms. The predicted molar refractivity (Wildman–Crippen MR) is 119 cm³/mol. The summed E-state index contributed by atoms with van der Waals surface area (Å²) in [4.78, 5) is 15.2. The number of amides is 1. The maximum absolute atomic E-state index is 12.8. The first-order valence-electron chi connectivity index (χ1n) is 9.61. The summed E-state index contributed by atoms with van der Waals surface area (Å²) in [6.45, 7) is 5.71. The maximum Gasteiger partial charge on any atom is 0.225 e. The number of morpholine rings is 1. The largest absolute Gasteiger partial charge is 0.379 e. The number of carbonyl (C=O) groups is 1. The van der Waals surface area contributed by atoms with E-state index >= 15 is 0 Å². The van der Waals surface area contributed by atoms with Gasteiger partial charge in [0.15, 0.2) is 0 Å². The summed E-state index contributed by atoms with van der Waals surface area (Å²) in [5, 5.41) is 3.90. The van der Waals surface area contributed by atoms with Gasteiger partial charge in [0.2, 0.25) is 5.91 Å². The van der Waals surface area contributed by atoms with E-state index in [0.717, 1.165) is 44.3 Å². The van der Waals surface area contributed by atoms with Gasteiger partial charge in [-0.25, -0.2) is 0 Å². The average molecular weight is 453 g/mol. The van der Waals surface area contributed by atoms with E-state index in [4.69, 9.17) is 22.1 Å². The summed E-state index contributed by atoms with van der Waals surface area (Å²) in [5.41, 5.74) is 7.11. The second-order valence-corrected chi connectivity index (χ2v) is 8.20. The zero-order valence-corrected chi connectivity index (χ0v) is 18.8. The molecule has 1 heterocycles. The molecule has 2 fully saturated rings. The Kier molecular flexibility index (Phi) is 10.5. The van der Waals surface area contributed by atoms with E-state index in [1.165, 1.54) is 0 Å². The molecule has 2 aliphatic rings. The summed E-state index contributed by atoms with van der Waals surface area (Å²) in [6.07, 6.45) is 3.96. The van der Waals surface area contributed by atoms with E-state index in [2.05, 4.69) is 16.3 Å². The average Bonchev–Trinajstić information content (AvgIpc) is 2.62. The van der Waals surface area contributed by atoms with Crippen molar-refractivity contribution in [3.8, 4) is 0 Å². The smallest absolute Gasteiger partial charge is 0.225 e. The van der Waals surface area contributed by atoms with E-state index in [-0.39, 0.29) is 42.7 Å². The standard InChI is InChI=1S/C20H30ClN3O2.2ClH/c1-20(22)8-3-2-7-17(20)19(25)23-14-18(24-9-11-26-12-10-24)15-5-4-6-16(21)13-15;;/h4-6,13,17-18H,2-3,7-12,14,22H2,1H3,(H,23,25);2*1H. The van der Waals surface area contributed by atoms with Crippen LogP contribution in [0.3, 0.4) is 0 Å². The Hall–Kier alpha value is -0.560. The molecule has 1 amide bonds. The molecule has 0 aromatic heterocycles. The van der Waals surface area contributed by atoms with Gasteiger partial charge in [-0.05, 0) is 37.5 Å². The van der Waals surface area contributed by atoms with Gasteiger partial charge in [-0.3, -0.25) is 9.69 Å². The Morgan fingerprint density at radius 2 is 2.07 bits per heavy atom. The van der Waals surface area contributed by atoms with Crippen molar-refractivity contribution in [1.29, 1.82) is 0 Å². The van der Waals surface area contributed by atoms with Crippen LogP contribution in [0, 0.1) is 5.92 Å². The van der Waals surface area contributed by atoms with Crippen LogP contribution in [0.1, 0.15) is 44.2 Å². The Bertz CT molecular complexity index is 624. The topological polar surface area (TPSA) is 67.6 Å². The first kappa shape index (κ1) is 25.5. The minimum Gasteiger partial charge on any atom is -0.379 e. The van der Waals surface area contributed by atoms with Crippen molar-refractivity contribution in [1.82, 2.24) is 10.2 Å². The molecule has 8 heteroatoms. The molecule has 3 atom stereocenters. The first-order chi connectivity index (χ1) is 12.5. The van der Waals surface area contributed by atoms with E-state index < -0.39 is 5.54 Å². The highest BCUT2D eigenvalue weighted by Gasteiger charge is 2.38. The van der Waals surface area contributed by atoms with Crippen molar-refractivity contribution in [3.63, 3.8) is 0 Å². The third-order valence-electron chi connectivity index (χ3n) is 5.76. The van der Waals surface area contributed by atoms with Gasteiger partial charge in [-0.2, -0.15) is 0 Å². The summed E-state index contributed by atoms with van der Waals surface area (Å²) >= 11 is 6.20. The van der Waals surface area contributed by atoms with Crippen molar-refractivity contribution in [2.45, 2.75) is 44.2 Å². The zero-order chi connectivity index (χ0) is 18.6. The number of hydrogen-bond donors (Lipinski definition) is 2. The summed E-state index contributed by atoms with van der Waals surface area (Å²) in [7, 11) is 0.